The summed E-state index contributed by atoms with van der Waals surface area (Å²) in [6.07, 6.45) is 2.13. The van der Waals surface area contributed by atoms with Crippen LogP contribution in [0.1, 0.15) is 11.1 Å². The van der Waals surface area contributed by atoms with E-state index in [1.807, 2.05) is 0 Å². The Kier molecular flexibility index (Phi) is 2.25. The van der Waals surface area contributed by atoms with E-state index in [1.165, 1.54) is 22.0 Å². The Bertz CT molecular complexity index is 461. The van der Waals surface area contributed by atoms with Crippen molar-refractivity contribution in [2.45, 2.75) is 13.1 Å². The Balaban J connectivity index is 0.000000750. The number of rotatable bonds is 0. The maximum absolute atomic E-state index is 3.31. The molecule has 1 N–H and O–H groups in total. The van der Waals surface area contributed by atoms with Crippen LogP contribution in [0.15, 0.2) is 24.4 Å². The third kappa shape index (κ3) is 1.22. The van der Waals surface area contributed by atoms with Gasteiger partial charge in [0.05, 0.1) is 0 Å². The second kappa shape index (κ2) is 3.30. The first-order chi connectivity index (χ1) is 6.34. The van der Waals surface area contributed by atoms with Gasteiger partial charge >= 0.3 is 0 Å². The maximum Gasteiger partial charge on any atom is 0.0460 e. The van der Waals surface area contributed by atoms with E-state index in [4.69, 9.17) is 0 Å². The lowest BCUT2D eigenvalue weighted by Gasteiger charge is -2.22. The van der Waals surface area contributed by atoms with Gasteiger partial charge in [-0.05, 0) is 24.2 Å². The summed E-state index contributed by atoms with van der Waals surface area (Å²) < 4.78 is 0. The fourth-order valence-electron chi connectivity index (χ4n) is 2.23. The van der Waals surface area contributed by atoms with Crippen molar-refractivity contribution < 1.29 is 0 Å². The quantitative estimate of drug-likeness (QED) is 0.705. The Labute approximate surface area is 89.3 Å². The maximum atomic E-state index is 3.31. The number of benzene rings is 1. The molecule has 0 aliphatic carbocycles. The van der Waals surface area contributed by atoms with Crippen molar-refractivity contribution in [3.63, 3.8) is 0 Å². The molecule has 1 aromatic heterocycles. The van der Waals surface area contributed by atoms with E-state index in [-0.39, 0.29) is 12.4 Å². The van der Waals surface area contributed by atoms with Crippen molar-refractivity contribution in [3.8, 4) is 0 Å². The fourth-order valence-corrected chi connectivity index (χ4v) is 2.23. The standard InChI is InChI=1S/C11H12N2.ClH/c1-13-6-8-3-2-4-10-11(8)9(7-13)5-12-10;/h2-5,12H,6-7H2,1H3;1H. The van der Waals surface area contributed by atoms with Crippen LogP contribution >= 0.6 is 12.4 Å². The van der Waals surface area contributed by atoms with Crippen LogP contribution in [0.2, 0.25) is 0 Å². The molecular formula is C11H13ClN2. The summed E-state index contributed by atoms with van der Waals surface area (Å²) in [5, 5.41) is 1.44. The minimum Gasteiger partial charge on any atom is -0.361 e. The lowest BCUT2D eigenvalue weighted by molar-refractivity contribution is 0.314. The molecule has 74 valence electrons. The number of H-pyrrole nitrogens is 1. The van der Waals surface area contributed by atoms with E-state index < -0.39 is 0 Å². The van der Waals surface area contributed by atoms with Crippen LogP contribution < -0.4 is 0 Å². The molecule has 2 heterocycles. The molecule has 0 amide bonds. The molecule has 1 aliphatic heterocycles. The molecule has 1 aromatic carbocycles. The number of nitrogens with one attached hydrogen (secondary N) is 1. The normalized spacial score (nSPS) is 15.5. The number of halogens is 1. The summed E-state index contributed by atoms with van der Waals surface area (Å²) in [6, 6.07) is 6.49. The van der Waals surface area contributed by atoms with E-state index in [1.54, 1.807) is 0 Å². The largest absolute Gasteiger partial charge is 0.361 e. The Morgan fingerprint density at radius 2 is 2.00 bits per heavy atom. The number of nitrogens with zero attached hydrogens (tertiary/aromatic N) is 1. The summed E-state index contributed by atoms with van der Waals surface area (Å²) >= 11 is 0. The van der Waals surface area contributed by atoms with Crippen LogP contribution in [0.3, 0.4) is 0 Å². The van der Waals surface area contributed by atoms with Gasteiger partial charge in [0.1, 0.15) is 0 Å². The van der Waals surface area contributed by atoms with Crippen LogP contribution in [-0.4, -0.2) is 16.9 Å². The van der Waals surface area contributed by atoms with Crippen molar-refractivity contribution in [3.05, 3.63) is 35.5 Å². The first-order valence-corrected chi connectivity index (χ1v) is 4.61. The third-order valence-corrected chi connectivity index (χ3v) is 2.75. The van der Waals surface area contributed by atoms with Crippen LogP contribution in [0.25, 0.3) is 10.9 Å². The van der Waals surface area contributed by atoms with Gasteiger partial charge in [-0.25, -0.2) is 0 Å². The minimum atomic E-state index is 0. The average Bonchev–Trinajstić information content (AvgIpc) is 2.50. The van der Waals surface area contributed by atoms with Gasteiger partial charge in [0, 0.05) is 30.2 Å². The predicted molar refractivity (Wildman–Crippen MR) is 60.7 cm³/mol. The van der Waals surface area contributed by atoms with Crippen molar-refractivity contribution in [2.24, 2.45) is 0 Å². The van der Waals surface area contributed by atoms with Crippen LogP contribution in [0, 0.1) is 0 Å². The molecule has 2 nitrogen and oxygen atoms in total. The van der Waals surface area contributed by atoms with Crippen molar-refractivity contribution >= 4 is 23.3 Å². The van der Waals surface area contributed by atoms with Gasteiger partial charge in [-0.2, -0.15) is 0 Å². The van der Waals surface area contributed by atoms with Crippen LogP contribution in [0.5, 0.6) is 0 Å². The van der Waals surface area contributed by atoms with Crippen molar-refractivity contribution in [1.29, 1.82) is 0 Å². The highest BCUT2D eigenvalue weighted by Crippen LogP contribution is 2.28. The fraction of sp³-hybridized carbons (Fsp3) is 0.273. The van der Waals surface area contributed by atoms with Crippen molar-refractivity contribution in [1.82, 2.24) is 9.88 Å². The van der Waals surface area contributed by atoms with E-state index in [0.717, 1.165) is 13.1 Å². The Morgan fingerprint density at radius 1 is 1.21 bits per heavy atom. The SMILES string of the molecule is CN1Cc2cccc3[nH]cc(c23)C1.Cl. The predicted octanol–water partition coefficient (Wildman–Crippen LogP) is 2.54. The van der Waals surface area contributed by atoms with Gasteiger partial charge in [0.2, 0.25) is 0 Å². The topological polar surface area (TPSA) is 19.0 Å². The summed E-state index contributed by atoms with van der Waals surface area (Å²) in [5.74, 6) is 0. The minimum absolute atomic E-state index is 0. The highest BCUT2D eigenvalue weighted by atomic mass is 35.5. The molecule has 0 bridgehead atoms. The zero-order chi connectivity index (χ0) is 8.84. The van der Waals surface area contributed by atoms with Crippen molar-refractivity contribution in [2.75, 3.05) is 7.05 Å². The van der Waals surface area contributed by atoms with E-state index in [9.17, 15) is 0 Å². The molecule has 0 radical (unpaired) electrons. The first-order valence-electron chi connectivity index (χ1n) is 4.61. The van der Waals surface area contributed by atoms with E-state index in [0.29, 0.717) is 0 Å². The summed E-state index contributed by atoms with van der Waals surface area (Å²) in [5.41, 5.74) is 4.16. The summed E-state index contributed by atoms with van der Waals surface area (Å²) in [7, 11) is 2.16. The number of aromatic nitrogens is 1. The van der Waals surface area contributed by atoms with Crippen LogP contribution in [0.4, 0.5) is 0 Å². The van der Waals surface area contributed by atoms with E-state index in [2.05, 4.69) is 41.3 Å². The van der Waals surface area contributed by atoms with Gasteiger partial charge in [0.25, 0.3) is 0 Å². The second-order valence-electron chi connectivity index (χ2n) is 3.83. The molecule has 14 heavy (non-hydrogen) atoms. The molecule has 1 aliphatic rings. The van der Waals surface area contributed by atoms with Crippen LogP contribution in [-0.2, 0) is 13.1 Å². The molecule has 3 heteroatoms. The Hall–Kier alpha value is -0.990. The smallest absolute Gasteiger partial charge is 0.0460 e. The molecule has 0 unspecified atom stereocenters. The van der Waals surface area contributed by atoms with Gasteiger partial charge in [0.15, 0.2) is 0 Å². The first kappa shape index (κ1) is 9.56. The summed E-state index contributed by atoms with van der Waals surface area (Å²) in [6.45, 7) is 2.14. The lowest BCUT2D eigenvalue weighted by atomic mass is 10.0. The lowest BCUT2D eigenvalue weighted by Crippen LogP contribution is -2.20. The molecule has 2 aromatic rings. The third-order valence-electron chi connectivity index (χ3n) is 2.75. The highest BCUT2D eigenvalue weighted by molar-refractivity contribution is 5.87. The zero-order valence-corrected chi connectivity index (χ0v) is 8.90. The van der Waals surface area contributed by atoms with Gasteiger partial charge < -0.3 is 4.98 Å². The van der Waals surface area contributed by atoms with Gasteiger partial charge in [-0.3, -0.25) is 4.90 Å². The zero-order valence-electron chi connectivity index (χ0n) is 8.08. The van der Waals surface area contributed by atoms with Gasteiger partial charge in [-0.15, -0.1) is 12.4 Å². The molecule has 0 spiro atoms. The molecule has 0 atom stereocenters. The second-order valence-corrected chi connectivity index (χ2v) is 3.83. The average molecular weight is 209 g/mol. The Morgan fingerprint density at radius 3 is 2.86 bits per heavy atom. The molecule has 0 saturated carbocycles. The molecule has 0 saturated heterocycles. The summed E-state index contributed by atoms with van der Waals surface area (Å²) in [4.78, 5) is 5.65. The highest BCUT2D eigenvalue weighted by Gasteiger charge is 2.15. The molecule has 3 rings (SSSR count). The molecule has 0 fully saturated rings. The number of hydrogen-bond donors (Lipinski definition) is 1. The monoisotopic (exact) mass is 208 g/mol. The van der Waals surface area contributed by atoms with E-state index >= 15 is 0 Å². The molecular weight excluding hydrogens is 196 g/mol. The number of aromatic amines is 1. The van der Waals surface area contributed by atoms with Gasteiger partial charge in [-0.1, -0.05) is 12.1 Å². The number of hydrogen-bond acceptors (Lipinski definition) is 1.